The number of hydrogen-bond donors (Lipinski definition) is 1. The van der Waals surface area contributed by atoms with Crippen LogP contribution in [0.25, 0.3) is 22.0 Å². The van der Waals surface area contributed by atoms with Crippen molar-refractivity contribution in [2.24, 2.45) is 0 Å². The maximum atomic E-state index is 10.0. The topological polar surface area (TPSA) is 50.2 Å². The number of ketones is 1. The standard InChI is InChI=1S/C18H16N.C5H8O2.Ir/c1-12-4-5-17-15(9-12)6-7-19-18(17)16-10-13(2)8-14(3)11-16;1-4(6)3-5(2)7;/h4-10H,1-3H3;3,6H,1-2H3;/q-1;;/b;4-3-;. The van der Waals surface area contributed by atoms with Gasteiger partial charge >= 0.3 is 0 Å². The Morgan fingerprint density at radius 3 is 2.30 bits per heavy atom. The number of aliphatic hydroxyl groups excluding tert-OH is 1. The molecule has 0 unspecified atom stereocenters. The van der Waals surface area contributed by atoms with Gasteiger partial charge in [-0.2, -0.15) is 0 Å². The van der Waals surface area contributed by atoms with Crippen LogP contribution in [0.2, 0.25) is 0 Å². The van der Waals surface area contributed by atoms with Gasteiger partial charge in [-0.1, -0.05) is 37.6 Å². The van der Waals surface area contributed by atoms with E-state index in [2.05, 4.69) is 68.2 Å². The zero-order chi connectivity index (χ0) is 19.3. The average Bonchev–Trinajstić information content (AvgIpc) is 2.52. The predicted molar refractivity (Wildman–Crippen MR) is 107 cm³/mol. The summed E-state index contributed by atoms with van der Waals surface area (Å²) in [6, 6.07) is 16.2. The molecule has 0 aliphatic carbocycles. The molecule has 1 N–H and O–H groups in total. The summed E-state index contributed by atoms with van der Waals surface area (Å²) >= 11 is 0. The van der Waals surface area contributed by atoms with Crippen molar-refractivity contribution in [3.63, 3.8) is 0 Å². The van der Waals surface area contributed by atoms with E-state index in [9.17, 15) is 4.79 Å². The number of benzene rings is 2. The molecule has 0 saturated carbocycles. The Labute approximate surface area is 174 Å². The van der Waals surface area contributed by atoms with Gasteiger partial charge in [-0.25, -0.2) is 0 Å². The normalized spacial score (nSPS) is 10.6. The van der Waals surface area contributed by atoms with E-state index in [1.807, 2.05) is 6.20 Å². The largest absolute Gasteiger partial charge is 0.512 e. The van der Waals surface area contributed by atoms with Gasteiger partial charge in [-0.15, -0.1) is 34.9 Å². The zero-order valence-corrected chi connectivity index (χ0v) is 18.6. The summed E-state index contributed by atoms with van der Waals surface area (Å²) in [5, 5.41) is 10.8. The van der Waals surface area contributed by atoms with Crippen molar-refractivity contribution >= 4 is 16.6 Å². The van der Waals surface area contributed by atoms with Crippen molar-refractivity contribution in [3.8, 4) is 11.3 Å². The van der Waals surface area contributed by atoms with Crippen molar-refractivity contribution in [2.45, 2.75) is 34.6 Å². The second-order valence-electron chi connectivity index (χ2n) is 6.53. The molecule has 0 saturated heterocycles. The fraction of sp³-hybridized carbons (Fsp3) is 0.217. The molecule has 0 aliphatic rings. The van der Waals surface area contributed by atoms with Crippen molar-refractivity contribution in [3.05, 3.63) is 77.2 Å². The third-order valence-electron chi connectivity index (χ3n) is 3.74. The van der Waals surface area contributed by atoms with Crippen LogP contribution in [0.5, 0.6) is 0 Å². The number of hydrogen-bond acceptors (Lipinski definition) is 3. The van der Waals surface area contributed by atoms with Gasteiger partial charge in [0.1, 0.15) is 0 Å². The van der Waals surface area contributed by atoms with E-state index < -0.39 is 0 Å². The van der Waals surface area contributed by atoms with E-state index in [1.54, 1.807) is 0 Å². The van der Waals surface area contributed by atoms with Crippen molar-refractivity contribution in [1.29, 1.82) is 0 Å². The van der Waals surface area contributed by atoms with Gasteiger partial charge in [0.2, 0.25) is 0 Å². The molecule has 1 heterocycles. The van der Waals surface area contributed by atoms with E-state index in [-0.39, 0.29) is 31.6 Å². The minimum absolute atomic E-state index is 0. The van der Waals surface area contributed by atoms with Gasteiger partial charge in [-0.3, -0.25) is 4.79 Å². The number of allylic oxidation sites excluding steroid dienone is 2. The Bertz CT molecular complexity index is 953. The molecule has 1 radical (unpaired) electrons. The molecule has 3 nitrogen and oxygen atoms in total. The summed E-state index contributed by atoms with van der Waals surface area (Å²) < 4.78 is 0. The Kier molecular flexibility index (Phi) is 8.55. The third-order valence-corrected chi connectivity index (χ3v) is 3.74. The molecule has 27 heavy (non-hydrogen) atoms. The number of aromatic nitrogens is 1. The SMILES string of the molecule is CC(=O)/C=C(/C)O.Cc1[c-]c(-c2nccc3cc(C)ccc23)cc(C)c1.[Ir]. The van der Waals surface area contributed by atoms with Crippen LogP contribution in [0, 0.1) is 26.8 Å². The Hall–Kier alpha value is -2.29. The van der Waals surface area contributed by atoms with Gasteiger partial charge in [0.25, 0.3) is 0 Å². The number of carbonyl (C=O) groups is 1. The van der Waals surface area contributed by atoms with E-state index in [4.69, 9.17) is 5.11 Å². The Morgan fingerprint density at radius 2 is 1.74 bits per heavy atom. The van der Waals surface area contributed by atoms with Gasteiger partial charge in [-0.05, 0) is 43.3 Å². The van der Waals surface area contributed by atoms with Crippen LogP contribution in [0.1, 0.15) is 30.5 Å². The van der Waals surface area contributed by atoms with Crippen molar-refractivity contribution < 1.29 is 30.0 Å². The molecule has 0 bridgehead atoms. The van der Waals surface area contributed by atoms with Gasteiger partial charge < -0.3 is 10.1 Å². The summed E-state index contributed by atoms with van der Waals surface area (Å²) in [5.41, 5.74) is 5.77. The fourth-order valence-electron chi connectivity index (χ4n) is 2.83. The summed E-state index contributed by atoms with van der Waals surface area (Å²) in [6.07, 6.45) is 3.04. The van der Waals surface area contributed by atoms with Crippen molar-refractivity contribution in [1.82, 2.24) is 4.98 Å². The molecule has 2 aromatic carbocycles. The first kappa shape index (κ1) is 22.7. The minimum Gasteiger partial charge on any atom is -0.512 e. The molecule has 0 atom stereocenters. The Morgan fingerprint density at radius 1 is 1.04 bits per heavy atom. The quantitative estimate of drug-likeness (QED) is 0.260. The van der Waals surface area contributed by atoms with Crippen LogP contribution >= 0.6 is 0 Å². The van der Waals surface area contributed by atoms with Crippen LogP contribution in [0.4, 0.5) is 0 Å². The number of nitrogens with zero attached hydrogens (tertiary/aromatic N) is 1. The summed E-state index contributed by atoms with van der Waals surface area (Å²) in [7, 11) is 0. The number of aryl methyl sites for hydroxylation is 3. The maximum Gasteiger partial charge on any atom is 0.155 e. The molecular weight excluding hydrogens is 514 g/mol. The summed E-state index contributed by atoms with van der Waals surface area (Å²) in [4.78, 5) is 14.6. The van der Waals surface area contributed by atoms with Crippen LogP contribution < -0.4 is 0 Å². The molecule has 4 heteroatoms. The average molecular weight is 539 g/mol. The molecule has 3 rings (SSSR count). The van der Waals surface area contributed by atoms with E-state index >= 15 is 0 Å². The molecule has 0 spiro atoms. The molecule has 1 aromatic heterocycles. The third kappa shape index (κ3) is 6.74. The minimum atomic E-state index is -0.125. The monoisotopic (exact) mass is 539 g/mol. The second-order valence-corrected chi connectivity index (χ2v) is 6.53. The molecule has 0 amide bonds. The van der Waals surface area contributed by atoms with Gasteiger partial charge in [0.15, 0.2) is 5.78 Å². The first-order valence-corrected chi connectivity index (χ1v) is 8.50. The number of carbonyl (C=O) groups excluding carboxylic acids is 1. The zero-order valence-electron chi connectivity index (χ0n) is 16.3. The smallest absolute Gasteiger partial charge is 0.155 e. The molecule has 143 valence electrons. The first-order valence-electron chi connectivity index (χ1n) is 8.50. The first-order chi connectivity index (χ1) is 12.3. The van der Waals surface area contributed by atoms with Crippen molar-refractivity contribution in [2.75, 3.05) is 0 Å². The van der Waals surface area contributed by atoms with Gasteiger partial charge in [0, 0.05) is 32.4 Å². The molecule has 0 aliphatic heterocycles. The van der Waals surface area contributed by atoms with Gasteiger partial charge in [0.05, 0.1) is 5.76 Å². The van der Waals surface area contributed by atoms with Crippen LogP contribution in [0.3, 0.4) is 0 Å². The van der Waals surface area contributed by atoms with E-state index in [1.165, 1.54) is 41.8 Å². The number of fused-ring (bicyclic) bond motifs is 1. The Balaban J connectivity index is 0.000000395. The molecule has 3 aromatic rings. The number of rotatable bonds is 2. The number of pyridine rings is 1. The van der Waals surface area contributed by atoms with E-state index in [0.717, 1.165) is 16.8 Å². The predicted octanol–water partition coefficient (Wildman–Crippen LogP) is 5.66. The number of aliphatic hydroxyl groups is 1. The molecular formula is C23H24IrNO2-. The van der Waals surface area contributed by atoms with Crippen LogP contribution in [0.15, 0.2) is 54.4 Å². The van der Waals surface area contributed by atoms with Crippen LogP contribution in [-0.2, 0) is 24.9 Å². The summed E-state index contributed by atoms with van der Waals surface area (Å²) in [6.45, 7) is 9.15. The fourth-order valence-corrected chi connectivity index (χ4v) is 2.83. The van der Waals surface area contributed by atoms with E-state index in [0.29, 0.717) is 0 Å². The second kappa shape index (κ2) is 10.1. The maximum absolute atomic E-state index is 10.0. The summed E-state index contributed by atoms with van der Waals surface area (Å²) in [5.74, 6) is -0.0625. The van der Waals surface area contributed by atoms with Crippen LogP contribution in [-0.4, -0.2) is 15.9 Å². The molecule has 0 fully saturated rings.